The molecule has 0 aliphatic rings. The Kier molecular flexibility index (Phi) is 2.72. The van der Waals surface area contributed by atoms with Crippen LogP contribution in [0.15, 0.2) is 48.6 Å². The summed E-state index contributed by atoms with van der Waals surface area (Å²) in [6.45, 7) is 4.09. The summed E-state index contributed by atoms with van der Waals surface area (Å²) in [6, 6.07) is 10.5. The van der Waals surface area contributed by atoms with Gasteiger partial charge in [-0.1, -0.05) is 36.4 Å². The Morgan fingerprint density at radius 3 is 2.67 bits per heavy atom. The van der Waals surface area contributed by atoms with Crippen LogP contribution in [0.4, 0.5) is 0 Å². The lowest BCUT2D eigenvalue weighted by atomic mass is 10.1. The first-order valence-electron chi connectivity index (χ1n) is 5.22. The second kappa shape index (κ2) is 4.18. The predicted octanol–water partition coefficient (Wildman–Crippen LogP) is 4.15. The summed E-state index contributed by atoms with van der Waals surface area (Å²) in [5, 5.41) is 1.26. The van der Waals surface area contributed by atoms with E-state index in [1.54, 1.807) is 0 Å². The van der Waals surface area contributed by atoms with Gasteiger partial charge in [0.1, 0.15) is 0 Å². The highest BCUT2D eigenvalue weighted by atomic mass is 14.7. The van der Waals surface area contributed by atoms with E-state index in [4.69, 9.17) is 0 Å². The summed E-state index contributed by atoms with van der Waals surface area (Å²) in [5.74, 6) is 0. The van der Waals surface area contributed by atoms with E-state index in [1.165, 1.54) is 22.2 Å². The summed E-state index contributed by atoms with van der Waals surface area (Å²) in [5.41, 5.74) is 3.60. The second-order valence-electron chi connectivity index (χ2n) is 3.51. The Hall–Kier alpha value is -1.76. The van der Waals surface area contributed by atoms with Gasteiger partial charge in [0, 0.05) is 16.6 Å². The van der Waals surface area contributed by atoms with Crippen molar-refractivity contribution < 1.29 is 0 Å². The van der Waals surface area contributed by atoms with Gasteiger partial charge in [-0.05, 0) is 31.6 Å². The van der Waals surface area contributed by atoms with Crippen molar-refractivity contribution in [1.29, 1.82) is 0 Å². The van der Waals surface area contributed by atoms with Crippen molar-refractivity contribution in [1.82, 2.24) is 4.98 Å². The van der Waals surface area contributed by atoms with Crippen LogP contribution in [-0.2, 0) is 0 Å². The molecular formula is C14H15N. The quantitative estimate of drug-likeness (QED) is 0.696. The van der Waals surface area contributed by atoms with Gasteiger partial charge in [-0.3, -0.25) is 0 Å². The SMILES string of the molecule is C/C=C\C(=C/C)c1cc2ccccc2[nH]1. The molecule has 0 fully saturated rings. The topological polar surface area (TPSA) is 15.8 Å². The summed E-state index contributed by atoms with van der Waals surface area (Å²) >= 11 is 0. The average Bonchev–Trinajstić information content (AvgIpc) is 2.69. The van der Waals surface area contributed by atoms with Crippen molar-refractivity contribution >= 4 is 16.5 Å². The molecule has 1 aromatic heterocycles. The fraction of sp³-hybridized carbons (Fsp3) is 0.143. The molecule has 0 atom stereocenters. The molecule has 0 spiro atoms. The van der Waals surface area contributed by atoms with Gasteiger partial charge in [-0.15, -0.1) is 0 Å². The van der Waals surface area contributed by atoms with Gasteiger partial charge in [-0.25, -0.2) is 0 Å². The normalized spacial score (nSPS) is 12.8. The van der Waals surface area contributed by atoms with Crippen molar-refractivity contribution in [2.75, 3.05) is 0 Å². The van der Waals surface area contributed by atoms with Crippen LogP contribution >= 0.6 is 0 Å². The Labute approximate surface area is 90.1 Å². The molecule has 1 heteroatoms. The maximum Gasteiger partial charge on any atom is 0.0461 e. The standard InChI is InChI=1S/C14H15N/c1-3-7-11(4-2)14-10-12-8-5-6-9-13(12)15-14/h3-10,15H,1-2H3/b7-3-,11-4+. The number of para-hydroxylation sites is 1. The molecule has 0 saturated heterocycles. The van der Waals surface area contributed by atoms with E-state index < -0.39 is 0 Å². The number of rotatable bonds is 2. The lowest BCUT2D eigenvalue weighted by Gasteiger charge is -1.95. The van der Waals surface area contributed by atoms with Gasteiger partial charge in [0.05, 0.1) is 0 Å². The van der Waals surface area contributed by atoms with Crippen LogP contribution in [0.25, 0.3) is 16.5 Å². The third kappa shape index (κ3) is 1.86. The van der Waals surface area contributed by atoms with Crippen molar-refractivity contribution in [2.45, 2.75) is 13.8 Å². The number of allylic oxidation sites excluding steroid dienone is 4. The molecule has 0 saturated carbocycles. The smallest absolute Gasteiger partial charge is 0.0461 e. The molecule has 76 valence electrons. The highest BCUT2D eigenvalue weighted by molar-refractivity contribution is 5.86. The van der Waals surface area contributed by atoms with Crippen LogP contribution in [0.2, 0.25) is 0 Å². The third-order valence-corrected chi connectivity index (χ3v) is 2.50. The fourth-order valence-corrected chi connectivity index (χ4v) is 1.75. The zero-order valence-electron chi connectivity index (χ0n) is 9.12. The first-order valence-corrected chi connectivity index (χ1v) is 5.22. The van der Waals surface area contributed by atoms with E-state index in [2.05, 4.69) is 54.4 Å². The highest BCUT2D eigenvalue weighted by Crippen LogP contribution is 2.21. The Morgan fingerprint density at radius 1 is 1.20 bits per heavy atom. The maximum absolute atomic E-state index is 3.41. The van der Waals surface area contributed by atoms with Crippen molar-refractivity contribution in [2.24, 2.45) is 0 Å². The summed E-state index contributed by atoms with van der Waals surface area (Å²) in [4.78, 5) is 3.41. The maximum atomic E-state index is 3.41. The number of hydrogen-bond donors (Lipinski definition) is 1. The van der Waals surface area contributed by atoms with E-state index in [-0.39, 0.29) is 0 Å². The lowest BCUT2D eigenvalue weighted by molar-refractivity contribution is 1.40. The number of benzene rings is 1. The van der Waals surface area contributed by atoms with E-state index in [1.807, 2.05) is 13.0 Å². The van der Waals surface area contributed by atoms with Crippen LogP contribution in [0.5, 0.6) is 0 Å². The number of fused-ring (bicyclic) bond motifs is 1. The molecule has 0 aliphatic carbocycles. The van der Waals surface area contributed by atoms with E-state index >= 15 is 0 Å². The van der Waals surface area contributed by atoms with E-state index in [0.29, 0.717) is 0 Å². The second-order valence-corrected chi connectivity index (χ2v) is 3.51. The fourth-order valence-electron chi connectivity index (χ4n) is 1.75. The molecule has 1 aromatic carbocycles. The minimum absolute atomic E-state index is 1.18. The monoisotopic (exact) mass is 197 g/mol. The van der Waals surface area contributed by atoms with Crippen LogP contribution in [0, 0.1) is 0 Å². The molecule has 1 heterocycles. The third-order valence-electron chi connectivity index (χ3n) is 2.50. The molecule has 0 radical (unpaired) electrons. The first-order chi connectivity index (χ1) is 7.35. The highest BCUT2D eigenvalue weighted by Gasteiger charge is 2.01. The Morgan fingerprint density at radius 2 is 2.00 bits per heavy atom. The van der Waals surface area contributed by atoms with E-state index in [0.717, 1.165) is 0 Å². The average molecular weight is 197 g/mol. The molecule has 0 amide bonds. The van der Waals surface area contributed by atoms with Crippen molar-refractivity contribution in [3.05, 3.63) is 54.3 Å². The van der Waals surface area contributed by atoms with Crippen LogP contribution in [0.3, 0.4) is 0 Å². The predicted molar refractivity (Wildman–Crippen MR) is 66.8 cm³/mol. The van der Waals surface area contributed by atoms with Gasteiger partial charge in [0.25, 0.3) is 0 Å². The summed E-state index contributed by atoms with van der Waals surface area (Å²) < 4.78 is 0. The molecule has 0 unspecified atom stereocenters. The van der Waals surface area contributed by atoms with Crippen LogP contribution in [-0.4, -0.2) is 4.98 Å². The van der Waals surface area contributed by atoms with Crippen molar-refractivity contribution in [3.63, 3.8) is 0 Å². The molecule has 1 N–H and O–H groups in total. The van der Waals surface area contributed by atoms with Gasteiger partial charge < -0.3 is 4.98 Å². The minimum Gasteiger partial charge on any atom is -0.355 e. The Bertz CT molecular complexity index is 482. The van der Waals surface area contributed by atoms with Gasteiger partial charge in [-0.2, -0.15) is 0 Å². The van der Waals surface area contributed by atoms with E-state index in [9.17, 15) is 0 Å². The zero-order valence-corrected chi connectivity index (χ0v) is 9.12. The number of aromatic nitrogens is 1. The van der Waals surface area contributed by atoms with Gasteiger partial charge in [0.2, 0.25) is 0 Å². The molecule has 0 bridgehead atoms. The number of H-pyrrole nitrogens is 1. The molecule has 2 rings (SSSR count). The summed E-state index contributed by atoms with van der Waals surface area (Å²) in [7, 11) is 0. The lowest BCUT2D eigenvalue weighted by Crippen LogP contribution is -1.78. The first kappa shape index (κ1) is 9.78. The largest absolute Gasteiger partial charge is 0.355 e. The zero-order chi connectivity index (χ0) is 10.7. The number of hydrogen-bond acceptors (Lipinski definition) is 0. The van der Waals surface area contributed by atoms with Gasteiger partial charge >= 0.3 is 0 Å². The van der Waals surface area contributed by atoms with Crippen LogP contribution < -0.4 is 0 Å². The summed E-state index contributed by atoms with van der Waals surface area (Å²) in [6.07, 6.45) is 6.29. The molecule has 1 nitrogen and oxygen atoms in total. The molecule has 2 aromatic rings. The molecular weight excluding hydrogens is 182 g/mol. The van der Waals surface area contributed by atoms with Crippen LogP contribution in [0.1, 0.15) is 19.5 Å². The minimum atomic E-state index is 1.18. The van der Waals surface area contributed by atoms with Crippen molar-refractivity contribution in [3.8, 4) is 0 Å². The number of aromatic amines is 1. The Balaban J connectivity index is 2.53. The van der Waals surface area contributed by atoms with Gasteiger partial charge in [0.15, 0.2) is 0 Å². The number of nitrogens with one attached hydrogen (secondary N) is 1. The molecule has 0 aliphatic heterocycles. The molecule has 15 heavy (non-hydrogen) atoms.